The minimum absolute atomic E-state index is 0.208. The van der Waals surface area contributed by atoms with Crippen LogP contribution in [-0.4, -0.2) is 23.6 Å². The Hall–Kier alpha value is -1.09. The topological polar surface area (TPSA) is 42.1 Å². The molecule has 3 heteroatoms. The first-order valence-electron chi connectivity index (χ1n) is 7.11. The third-order valence-electron chi connectivity index (χ3n) is 4.35. The zero-order chi connectivity index (χ0) is 12.7. The van der Waals surface area contributed by atoms with E-state index >= 15 is 0 Å². The zero-order valence-electron chi connectivity index (χ0n) is 11.4. The Balaban J connectivity index is 1.81. The van der Waals surface area contributed by atoms with Crippen LogP contribution in [0.5, 0.6) is 0 Å². The predicted molar refractivity (Wildman–Crippen MR) is 74.8 cm³/mol. The van der Waals surface area contributed by atoms with E-state index in [0.29, 0.717) is 0 Å². The Labute approximate surface area is 109 Å². The SMILES string of the molecule is Cc1cc(CC(C)N)cnc1N1CC2CCC1C2. The lowest BCUT2D eigenvalue weighted by Crippen LogP contribution is -2.33. The van der Waals surface area contributed by atoms with Crippen LogP contribution in [0.4, 0.5) is 5.82 Å². The monoisotopic (exact) mass is 245 g/mol. The largest absolute Gasteiger partial charge is 0.353 e. The molecule has 0 radical (unpaired) electrons. The smallest absolute Gasteiger partial charge is 0.131 e. The van der Waals surface area contributed by atoms with E-state index in [0.717, 1.165) is 18.4 Å². The normalized spacial score (nSPS) is 27.8. The molecule has 1 aromatic rings. The maximum atomic E-state index is 5.85. The number of pyridine rings is 1. The van der Waals surface area contributed by atoms with Crippen molar-refractivity contribution in [3.63, 3.8) is 0 Å². The van der Waals surface area contributed by atoms with Crippen LogP contribution in [0.2, 0.25) is 0 Å². The predicted octanol–water partition coefficient (Wildman–Crippen LogP) is 2.27. The Morgan fingerprint density at radius 3 is 2.89 bits per heavy atom. The van der Waals surface area contributed by atoms with Gasteiger partial charge in [-0.2, -0.15) is 0 Å². The molecule has 0 amide bonds. The van der Waals surface area contributed by atoms with Crippen LogP contribution in [-0.2, 0) is 6.42 Å². The summed E-state index contributed by atoms with van der Waals surface area (Å²) in [6.45, 7) is 5.44. The van der Waals surface area contributed by atoms with Gasteiger partial charge in [0.1, 0.15) is 5.82 Å². The van der Waals surface area contributed by atoms with Crippen LogP contribution in [0.3, 0.4) is 0 Å². The molecule has 3 atom stereocenters. The van der Waals surface area contributed by atoms with E-state index in [-0.39, 0.29) is 6.04 Å². The number of aryl methyl sites for hydroxylation is 1. The third-order valence-corrected chi connectivity index (χ3v) is 4.35. The quantitative estimate of drug-likeness (QED) is 0.888. The van der Waals surface area contributed by atoms with Crippen molar-refractivity contribution < 1.29 is 0 Å². The number of rotatable bonds is 3. The molecule has 98 valence electrons. The van der Waals surface area contributed by atoms with E-state index in [1.807, 2.05) is 13.1 Å². The van der Waals surface area contributed by atoms with Gasteiger partial charge in [-0.05, 0) is 56.6 Å². The lowest BCUT2D eigenvalue weighted by atomic mass is 10.1. The Morgan fingerprint density at radius 2 is 2.33 bits per heavy atom. The first kappa shape index (κ1) is 12.0. The molecule has 3 unspecified atom stereocenters. The summed E-state index contributed by atoms with van der Waals surface area (Å²) < 4.78 is 0. The van der Waals surface area contributed by atoms with E-state index in [9.17, 15) is 0 Å². The van der Waals surface area contributed by atoms with E-state index < -0.39 is 0 Å². The second-order valence-corrected chi connectivity index (χ2v) is 6.15. The van der Waals surface area contributed by atoms with Crippen molar-refractivity contribution in [1.29, 1.82) is 0 Å². The Kier molecular flexibility index (Phi) is 3.02. The first-order chi connectivity index (χ1) is 8.63. The molecule has 2 aliphatic rings. The highest BCUT2D eigenvalue weighted by molar-refractivity contribution is 5.50. The van der Waals surface area contributed by atoms with Gasteiger partial charge in [0, 0.05) is 24.8 Å². The molecule has 1 saturated carbocycles. The van der Waals surface area contributed by atoms with Gasteiger partial charge in [-0.15, -0.1) is 0 Å². The van der Waals surface area contributed by atoms with E-state index in [1.165, 1.54) is 42.8 Å². The summed E-state index contributed by atoms with van der Waals surface area (Å²) in [5.41, 5.74) is 8.41. The number of piperidine rings is 1. The van der Waals surface area contributed by atoms with Crippen LogP contribution in [0.25, 0.3) is 0 Å². The van der Waals surface area contributed by atoms with Gasteiger partial charge >= 0.3 is 0 Å². The minimum Gasteiger partial charge on any atom is -0.353 e. The summed E-state index contributed by atoms with van der Waals surface area (Å²) >= 11 is 0. The van der Waals surface area contributed by atoms with Gasteiger partial charge in [-0.1, -0.05) is 6.07 Å². The van der Waals surface area contributed by atoms with Crippen molar-refractivity contribution in [2.45, 2.75) is 51.6 Å². The first-order valence-corrected chi connectivity index (χ1v) is 7.11. The molecule has 1 aromatic heterocycles. The molecule has 0 spiro atoms. The molecule has 2 N–H and O–H groups in total. The van der Waals surface area contributed by atoms with Gasteiger partial charge < -0.3 is 10.6 Å². The zero-order valence-corrected chi connectivity index (χ0v) is 11.4. The standard InChI is InChI=1S/C15H23N3/c1-10-5-13(6-11(2)16)8-17-15(10)18-9-12-3-4-14(18)7-12/h5,8,11-12,14H,3-4,6-7,9,16H2,1-2H3. The van der Waals surface area contributed by atoms with Crippen LogP contribution >= 0.6 is 0 Å². The third kappa shape index (κ3) is 2.12. The summed E-state index contributed by atoms with van der Waals surface area (Å²) in [5.74, 6) is 2.12. The highest BCUT2D eigenvalue weighted by Crippen LogP contribution is 2.40. The summed E-state index contributed by atoms with van der Waals surface area (Å²) in [5, 5.41) is 0. The number of nitrogens with two attached hydrogens (primary N) is 1. The molecule has 1 saturated heterocycles. The number of aromatic nitrogens is 1. The fourth-order valence-electron chi connectivity index (χ4n) is 3.59. The molecule has 0 aromatic carbocycles. The fraction of sp³-hybridized carbons (Fsp3) is 0.667. The lowest BCUT2D eigenvalue weighted by Gasteiger charge is -2.29. The van der Waals surface area contributed by atoms with Crippen LogP contribution in [0, 0.1) is 12.8 Å². The van der Waals surface area contributed by atoms with Crippen molar-refractivity contribution in [1.82, 2.24) is 4.98 Å². The molecule has 18 heavy (non-hydrogen) atoms. The maximum Gasteiger partial charge on any atom is 0.131 e. The van der Waals surface area contributed by atoms with Crippen LogP contribution < -0.4 is 10.6 Å². The number of hydrogen-bond donors (Lipinski definition) is 1. The molecular formula is C15H23N3. The Bertz CT molecular complexity index is 441. The molecule has 2 bridgehead atoms. The molecule has 1 aliphatic heterocycles. The fourth-order valence-corrected chi connectivity index (χ4v) is 3.59. The molecule has 2 fully saturated rings. The van der Waals surface area contributed by atoms with Gasteiger partial charge in [-0.3, -0.25) is 0 Å². The highest BCUT2D eigenvalue weighted by atomic mass is 15.2. The second-order valence-electron chi connectivity index (χ2n) is 6.15. The molecule has 2 heterocycles. The summed E-state index contributed by atoms with van der Waals surface area (Å²) in [7, 11) is 0. The molecule has 3 rings (SSSR count). The second kappa shape index (κ2) is 4.54. The summed E-state index contributed by atoms with van der Waals surface area (Å²) in [4.78, 5) is 7.23. The highest BCUT2D eigenvalue weighted by Gasteiger charge is 2.38. The maximum absolute atomic E-state index is 5.85. The summed E-state index contributed by atoms with van der Waals surface area (Å²) in [6, 6.07) is 3.22. The van der Waals surface area contributed by atoms with E-state index in [2.05, 4.69) is 17.9 Å². The van der Waals surface area contributed by atoms with Crippen molar-refractivity contribution in [3.8, 4) is 0 Å². The minimum atomic E-state index is 0.208. The molecular weight excluding hydrogens is 222 g/mol. The number of fused-ring (bicyclic) bond motifs is 2. The Morgan fingerprint density at radius 1 is 1.50 bits per heavy atom. The summed E-state index contributed by atoms with van der Waals surface area (Å²) in [6.07, 6.45) is 7.08. The number of anilines is 1. The van der Waals surface area contributed by atoms with Gasteiger partial charge in [0.15, 0.2) is 0 Å². The molecule has 3 nitrogen and oxygen atoms in total. The van der Waals surface area contributed by atoms with Crippen molar-refractivity contribution in [3.05, 3.63) is 23.4 Å². The lowest BCUT2D eigenvalue weighted by molar-refractivity contribution is 0.549. The average molecular weight is 245 g/mol. The number of nitrogens with zero attached hydrogens (tertiary/aromatic N) is 2. The van der Waals surface area contributed by atoms with Gasteiger partial charge in [-0.25, -0.2) is 4.98 Å². The van der Waals surface area contributed by atoms with Crippen LogP contribution in [0.1, 0.15) is 37.3 Å². The van der Waals surface area contributed by atoms with E-state index in [4.69, 9.17) is 10.7 Å². The van der Waals surface area contributed by atoms with Crippen molar-refractivity contribution >= 4 is 5.82 Å². The average Bonchev–Trinajstić information content (AvgIpc) is 2.90. The van der Waals surface area contributed by atoms with E-state index in [1.54, 1.807) is 0 Å². The number of hydrogen-bond acceptors (Lipinski definition) is 3. The van der Waals surface area contributed by atoms with Gasteiger partial charge in [0.25, 0.3) is 0 Å². The molecule has 1 aliphatic carbocycles. The van der Waals surface area contributed by atoms with Crippen LogP contribution in [0.15, 0.2) is 12.3 Å². The van der Waals surface area contributed by atoms with Gasteiger partial charge in [0.2, 0.25) is 0 Å². The van der Waals surface area contributed by atoms with Crippen molar-refractivity contribution in [2.75, 3.05) is 11.4 Å². The van der Waals surface area contributed by atoms with Gasteiger partial charge in [0.05, 0.1) is 0 Å². The van der Waals surface area contributed by atoms with Crippen molar-refractivity contribution in [2.24, 2.45) is 11.7 Å².